The second-order valence-corrected chi connectivity index (χ2v) is 5.01. The molecule has 0 saturated heterocycles. The van der Waals surface area contributed by atoms with Gasteiger partial charge in [0.1, 0.15) is 0 Å². The highest BCUT2D eigenvalue weighted by Crippen LogP contribution is 2.50. The van der Waals surface area contributed by atoms with E-state index < -0.39 is 18.9 Å². The van der Waals surface area contributed by atoms with E-state index in [9.17, 15) is 18.0 Å². The molecule has 1 amide bonds. The topological polar surface area (TPSA) is 20.3 Å². The third-order valence-electron chi connectivity index (χ3n) is 0.763. The van der Waals surface area contributed by atoms with E-state index in [1.807, 2.05) is 0 Å². The van der Waals surface area contributed by atoms with Crippen molar-refractivity contribution in [2.75, 3.05) is 7.05 Å². The molecule has 0 radical (unpaired) electrons. The molecule has 0 aliphatic heterocycles. The number of halogens is 5. The summed E-state index contributed by atoms with van der Waals surface area (Å²) < 4.78 is 34.9. The highest BCUT2D eigenvalue weighted by atomic mass is 35.9. The van der Waals surface area contributed by atoms with Gasteiger partial charge in [-0.2, -0.15) is 13.2 Å². The Hall–Kier alpha value is 0.270. The van der Waals surface area contributed by atoms with Crippen molar-refractivity contribution < 1.29 is 18.0 Å². The van der Waals surface area contributed by atoms with Crippen LogP contribution in [0.3, 0.4) is 0 Å². The van der Waals surface area contributed by atoms with Gasteiger partial charge in [0.2, 0.25) is 0 Å². The van der Waals surface area contributed by atoms with Gasteiger partial charge in [0.15, 0.2) is 6.78 Å². The smallest absolute Gasteiger partial charge is 0.292 e. The fraction of sp³-hybridized carbons (Fsp3) is 0.667. The van der Waals surface area contributed by atoms with Crippen molar-refractivity contribution in [3.05, 3.63) is 0 Å². The van der Waals surface area contributed by atoms with Crippen LogP contribution in [0.1, 0.15) is 0 Å². The molecule has 0 aliphatic rings. The molecular weight excluding hydrogens is 225 g/mol. The minimum atomic E-state index is -4.90. The van der Waals surface area contributed by atoms with Crippen LogP contribution in [-0.4, -0.2) is 23.8 Å². The zero-order valence-corrected chi connectivity index (χ0v) is 7.60. The molecule has 2 nitrogen and oxygen atoms in total. The maximum Gasteiger partial charge on any atom is 0.471 e. The minimum Gasteiger partial charge on any atom is -0.292 e. The van der Waals surface area contributed by atoms with Crippen molar-refractivity contribution in [3.63, 3.8) is 0 Å². The van der Waals surface area contributed by atoms with Crippen LogP contribution in [0, 0.1) is 0 Å². The number of nitrogens with zero attached hydrogens (tertiary/aromatic N) is 1. The fourth-order valence-corrected chi connectivity index (χ4v) is 0.915. The Morgan fingerprint density at radius 1 is 1.45 bits per heavy atom. The van der Waals surface area contributed by atoms with E-state index in [0.29, 0.717) is 0 Å². The monoisotopic (exact) mass is 227 g/mol. The highest BCUT2D eigenvalue weighted by Gasteiger charge is 2.42. The molecule has 0 aromatic heterocycles. The lowest BCUT2D eigenvalue weighted by Gasteiger charge is -2.17. The van der Waals surface area contributed by atoms with Crippen LogP contribution < -0.4 is 0 Å². The van der Waals surface area contributed by atoms with Gasteiger partial charge in [-0.1, -0.05) is 22.5 Å². The van der Waals surface area contributed by atoms with E-state index in [4.69, 9.17) is 22.5 Å². The molecule has 0 atom stereocenters. The quantitative estimate of drug-likeness (QED) is 0.631. The van der Waals surface area contributed by atoms with Crippen molar-refractivity contribution in [1.82, 2.24) is 4.67 Å². The molecule has 11 heavy (non-hydrogen) atoms. The van der Waals surface area contributed by atoms with Gasteiger partial charge < -0.3 is 0 Å². The molecule has 0 aliphatic carbocycles. The van der Waals surface area contributed by atoms with Gasteiger partial charge in [-0.05, 0) is 0 Å². The molecule has 0 aromatic rings. The number of carbonyl (C=O) groups is 1. The molecule has 0 heterocycles. The Balaban J connectivity index is 4.26. The predicted octanol–water partition coefficient (Wildman–Crippen LogP) is 2.71. The second-order valence-electron chi connectivity index (χ2n) is 1.54. The normalized spacial score (nSPS) is 11.9. The molecule has 0 bridgehead atoms. The first-order valence-corrected chi connectivity index (χ1v) is 5.33. The second kappa shape index (κ2) is 3.78. The van der Waals surface area contributed by atoms with E-state index in [2.05, 4.69) is 0 Å². The summed E-state index contributed by atoms with van der Waals surface area (Å²) >= 11 is 10.1. The van der Waals surface area contributed by atoms with E-state index in [0.717, 1.165) is 7.05 Å². The Kier molecular flexibility index (Phi) is 3.88. The molecular formula is C3H3Cl2F3NOP. The van der Waals surface area contributed by atoms with Crippen LogP contribution in [0.5, 0.6) is 0 Å². The minimum absolute atomic E-state index is 0.248. The van der Waals surface area contributed by atoms with E-state index in [1.165, 1.54) is 0 Å². The first kappa shape index (κ1) is 11.3. The van der Waals surface area contributed by atoms with Crippen LogP contribution in [0.2, 0.25) is 0 Å². The average Bonchev–Trinajstić information content (AvgIpc) is 1.82. The zero-order valence-electron chi connectivity index (χ0n) is 5.19. The van der Waals surface area contributed by atoms with Gasteiger partial charge in [-0.25, -0.2) is 0 Å². The van der Waals surface area contributed by atoms with Gasteiger partial charge in [-0.15, -0.1) is 0 Å². The SMILES string of the molecule is CN(C(=O)C(F)(F)F)P(Cl)Cl. The Morgan fingerprint density at radius 3 is 1.91 bits per heavy atom. The summed E-state index contributed by atoms with van der Waals surface area (Å²) in [5, 5.41) is 0. The third-order valence-corrected chi connectivity index (χ3v) is 2.76. The van der Waals surface area contributed by atoms with Crippen LogP contribution >= 0.6 is 29.3 Å². The highest BCUT2D eigenvalue weighted by molar-refractivity contribution is 8.02. The summed E-state index contributed by atoms with van der Waals surface area (Å²) in [5.74, 6) is -2.03. The number of hydrogen-bond acceptors (Lipinski definition) is 1. The standard InChI is InChI=1S/C3H3Cl2F3NOP/c1-9(11(4)5)2(10)3(6,7)8/h1H3. The first-order valence-electron chi connectivity index (χ1n) is 2.23. The van der Waals surface area contributed by atoms with E-state index in [-0.39, 0.29) is 4.67 Å². The summed E-state index contributed by atoms with van der Waals surface area (Å²) in [6.07, 6.45) is -4.90. The number of carbonyl (C=O) groups excluding carboxylic acids is 1. The van der Waals surface area contributed by atoms with Crippen molar-refractivity contribution in [2.24, 2.45) is 0 Å². The lowest BCUT2D eigenvalue weighted by Crippen LogP contribution is -2.33. The Bertz CT molecular complexity index is 161. The molecule has 0 unspecified atom stereocenters. The number of hydrogen-bond donors (Lipinski definition) is 0. The van der Waals surface area contributed by atoms with Crippen molar-refractivity contribution >= 4 is 35.2 Å². The lowest BCUT2D eigenvalue weighted by molar-refractivity contribution is -0.178. The van der Waals surface area contributed by atoms with Gasteiger partial charge in [0, 0.05) is 7.05 Å². The molecule has 0 aromatic carbocycles. The van der Waals surface area contributed by atoms with Crippen molar-refractivity contribution in [1.29, 1.82) is 0 Å². The maximum atomic E-state index is 11.6. The summed E-state index contributed by atoms with van der Waals surface area (Å²) in [6, 6.07) is 0. The van der Waals surface area contributed by atoms with Crippen LogP contribution in [0.4, 0.5) is 13.2 Å². The largest absolute Gasteiger partial charge is 0.471 e. The van der Waals surface area contributed by atoms with Gasteiger partial charge in [0.05, 0.1) is 0 Å². The Morgan fingerprint density at radius 2 is 1.82 bits per heavy atom. The molecule has 0 N–H and O–H groups in total. The molecule has 0 spiro atoms. The third kappa shape index (κ3) is 3.45. The van der Waals surface area contributed by atoms with Crippen LogP contribution in [0.15, 0.2) is 0 Å². The van der Waals surface area contributed by atoms with Gasteiger partial charge in [0.25, 0.3) is 0 Å². The molecule has 0 fully saturated rings. The van der Waals surface area contributed by atoms with Crippen molar-refractivity contribution in [3.8, 4) is 0 Å². The van der Waals surface area contributed by atoms with E-state index in [1.54, 1.807) is 0 Å². The fourth-order valence-electron chi connectivity index (χ4n) is 0.252. The first-order chi connectivity index (χ1) is 4.76. The van der Waals surface area contributed by atoms with Crippen LogP contribution in [-0.2, 0) is 4.79 Å². The predicted molar refractivity (Wildman–Crippen MR) is 37.5 cm³/mol. The van der Waals surface area contributed by atoms with Gasteiger partial charge in [-0.3, -0.25) is 9.46 Å². The molecule has 0 rings (SSSR count). The summed E-state index contributed by atoms with van der Waals surface area (Å²) in [4.78, 5) is 10.3. The summed E-state index contributed by atoms with van der Waals surface area (Å²) in [5.41, 5.74) is 0. The van der Waals surface area contributed by atoms with E-state index >= 15 is 0 Å². The van der Waals surface area contributed by atoms with Crippen molar-refractivity contribution in [2.45, 2.75) is 6.18 Å². The lowest BCUT2D eigenvalue weighted by atomic mass is 10.6. The maximum absolute atomic E-state index is 11.6. The summed E-state index contributed by atoms with van der Waals surface area (Å²) in [7, 11) is 0.890. The van der Waals surface area contributed by atoms with Gasteiger partial charge >= 0.3 is 12.1 Å². The Labute approximate surface area is 71.6 Å². The summed E-state index contributed by atoms with van der Waals surface area (Å²) in [6.45, 7) is -2.06. The molecule has 8 heteroatoms. The number of amides is 1. The number of alkyl halides is 3. The molecule has 0 saturated carbocycles. The van der Waals surface area contributed by atoms with Crippen LogP contribution in [0.25, 0.3) is 0 Å². The average molecular weight is 228 g/mol. The number of rotatable bonds is 1. The molecule has 66 valence electrons. The zero-order chi connectivity index (χ0) is 9.23.